The molecule has 9 heteroatoms. The van der Waals surface area contributed by atoms with Crippen LogP contribution in [0.25, 0.3) is 0 Å². The van der Waals surface area contributed by atoms with E-state index in [0.29, 0.717) is 18.5 Å². The van der Waals surface area contributed by atoms with Gasteiger partial charge in [-0.25, -0.2) is 0 Å². The van der Waals surface area contributed by atoms with Crippen molar-refractivity contribution < 1.29 is 29.0 Å². The number of ether oxygens (including phenoxy) is 2. The van der Waals surface area contributed by atoms with Crippen LogP contribution < -0.4 is 4.90 Å². The number of benzene rings is 2. The molecule has 0 aromatic heterocycles. The van der Waals surface area contributed by atoms with E-state index in [1.165, 1.54) is 11.0 Å². The summed E-state index contributed by atoms with van der Waals surface area (Å²) in [6.07, 6.45) is 3.17. The summed E-state index contributed by atoms with van der Waals surface area (Å²) < 4.78 is 12.1. The molecule has 2 aromatic rings. The van der Waals surface area contributed by atoms with E-state index in [1.54, 1.807) is 11.0 Å². The first-order valence-corrected chi connectivity index (χ1v) is 15.2. The van der Waals surface area contributed by atoms with Gasteiger partial charge in [-0.2, -0.15) is 0 Å². The first-order chi connectivity index (χ1) is 20.2. The Morgan fingerprint density at radius 3 is 2.62 bits per heavy atom. The minimum Gasteiger partial charge on any atom is -0.461 e. The molecule has 2 amide bonds. The molecule has 8 nitrogen and oxygen atoms in total. The van der Waals surface area contributed by atoms with Gasteiger partial charge in [0.15, 0.2) is 0 Å². The van der Waals surface area contributed by atoms with E-state index in [0.717, 1.165) is 16.7 Å². The summed E-state index contributed by atoms with van der Waals surface area (Å²) in [6, 6.07) is 13.6. The molecular weight excluding hydrogens is 600 g/mol. The van der Waals surface area contributed by atoms with E-state index in [2.05, 4.69) is 29.1 Å². The summed E-state index contributed by atoms with van der Waals surface area (Å²) in [4.78, 5) is 45.6. The van der Waals surface area contributed by atoms with Gasteiger partial charge < -0.3 is 24.4 Å². The summed E-state index contributed by atoms with van der Waals surface area (Å²) in [5.41, 5.74) is 2.21. The van der Waals surface area contributed by atoms with Gasteiger partial charge >= 0.3 is 5.97 Å². The Kier molecular flexibility index (Phi) is 8.73. The number of nitrogens with zero attached hydrogens (tertiary/aromatic N) is 2. The number of aliphatic hydroxyl groups excluding tert-OH is 1. The van der Waals surface area contributed by atoms with Crippen molar-refractivity contribution in [3.8, 4) is 0 Å². The molecule has 2 aromatic carbocycles. The number of amides is 2. The van der Waals surface area contributed by atoms with Crippen molar-refractivity contribution in [2.45, 2.75) is 55.3 Å². The molecule has 0 radical (unpaired) electrons. The molecule has 3 fully saturated rings. The summed E-state index contributed by atoms with van der Waals surface area (Å²) >= 11 is 3.69. The van der Waals surface area contributed by atoms with Crippen molar-refractivity contribution >= 4 is 39.4 Å². The summed E-state index contributed by atoms with van der Waals surface area (Å²) in [6.45, 7) is 11.2. The van der Waals surface area contributed by atoms with Crippen LogP contribution in [0.15, 0.2) is 73.8 Å². The lowest BCUT2D eigenvalue weighted by molar-refractivity contribution is -0.154. The largest absolute Gasteiger partial charge is 0.461 e. The molecule has 1 N–H and O–H groups in total. The third kappa shape index (κ3) is 5.01. The average Bonchev–Trinajstić information content (AvgIpc) is 3.58. The van der Waals surface area contributed by atoms with Crippen molar-refractivity contribution in [3.63, 3.8) is 0 Å². The van der Waals surface area contributed by atoms with Crippen LogP contribution in [0.5, 0.6) is 0 Å². The number of aryl methyl sites for hydroxylation is 2. The van der Waals surface area contributed by atoms with Crippen LogP contribution in [0.3, 0.4) is 0 Å². The molecule has 7 atom stereocenters. The predicted octanol–water partition coefficient (Wildman–Crippen LogP) is 3.90. The number of alkyl halides is 1. The molecule has 3 heterocycles. The second-order valence-electron chi connectivity index (χ2n) is 11.4. The fraction of sp³-hybridized carbons (Fsp3) is 0.424. The van der Waals surface area contributed by atoms with Crippen LogP contribution in [0.1, 0.15) is 23.1 Å². The standard InChI is InChI=1S/C33H37BrN2O6/c1-5-14-35(25-16-20(3)12-13-21(25)4)31(39)29-33-18-24(34)28(42-33)26(32(40)41-15-6-2)27(33)30(38)36(29)23(19-37)17-22-10-8-7-9-11-22/h5-13,16,23-24,26-29,37H,1-2,14-15,17-19H2,3-4H3/t23-,24?,26+,27+,28+,29?,33?/m1/s1. The molecular formula is C33H37BrN2O6. The first kappa shape index (κ1) is 30.2. The molecule has 3 unspecified atom stereocenters. The van der Waals surface area contributed by atoms with Gasteiger partial charge in [-0.3, -0.25) is 14.4 Å². The minimum atomic E-state index is -1.29. The predicted molar refractivity (Wildman–Crippen MR) is 163 cm³/mol. The number of rotatable bonds is 11. The summed E-state index contributed by atoms with van der Waals surface area (Å²) in [7, 11) is 0. The molecule has 222 valence electrons. The third-order valence-corrected chi connectivity index (χ3v) is 9.57. The number of likely N-dealkylation sites (tertiary alicyclic amines) is 1. The monoisotopic (exact) mass is 636 g/mol. The fourth-order valence-electron chi connectivity index (χ4n) is 6.98. The Bertz CT molecular complexity index is 1380. The number of hydrogen-bond acceptors (Lipinski definition) is 6. The van der Waals surface area contributed by atoms with Crippen LogP contribution in [0, 0.1) is 25.7 Å². The Balaban J connectivity index is 1.64. The number of aliphatic hydroxyl groups is 1. The van der Waals surface area contributed by atoms with Gasteiger partial charge in [0.25, 0.3) is 5.91 Å². The van der Waals surface area contributed by atoms with Crippen molar-refractivity contribution in [1.29, 1.82) is 0 Å². The molecule has 0 aliphatic carbocycles. The van der Waals surface area contributed by atoms with Gasteiger partial charge in [-0.15, -0.1) is 6.58 Å². The maximum atomic E-state index is 14.9. The normalized spacial score (nSPS) is 28.3. The number of hydrogen-bond donors (Lipinski definition) is 1. The van der Waals surface area contributed by atoms with E-state index < -0.39 is 41.6 Å². The van der Waals surface area contributed by atoms with E-state index in [9.17, 15) is 19.5 Å². The summed E-state index contributed by atoms with van der Waals surface area (Å²) in [5, 5.41) is 10.7. The number of esters is 1. The van der Waals surface area contributed by atoms with Gasteiger partial charge in [0.05, 0.1) is 30.6 Å². The highest BCUT2D eigenvalue weighted by Gasteiger charge is 2.77. The Morgan fingerprint density at radius 2 is 1.95 bits per heavy atom. The van der Waals surface area contributed by atoms with Crippen molar-refractivity contribution in [3.05, 3.63) is 90.5 Å². The van der Waals surface area contributed by atoms with Gasteiger partial charge in [0.2, 0.25) is 5.91 Å². The second-order valence-corrected chi connectivity index (χ2v) is 12.6. The number of anilines is 1. The van der Waals surface area contributed by atoms with Gasteiger partial charge in [-0.05, 0) is 49.4 Å². The maximum Gasteiger partial charge on any atom is 0.312 e. The lowest BCUT2D eigenvalue weighted by Gasteiger charge is -2.39. The molecule has 5 rings (SSSR count). The van der Waals surface area contributed by atoms with E-state index in [4.69, 9.17) is 9.47 Å². The Morgan fingerprint density at radius 1 is 1.21 bits per heavy atom. The molecule has 1 spiro atoms. The number of halogens is 1. The molecule has 3 aliphatic rings. The topological polar surface area (TPSA) is 96.4 Å². The molecule has 2 bridgehead atoms. The number of fused-ring (bicyclic) bond motifs is 1. The average molecular weight is 638 g/mol. The highest BCUT2D eigenvalue weighted by molar-refractivity contribution is 9.09. The lowest BCUT2D eigenvalue weighted by atomic mass is 9.70. The number of carbonyl (C=O) groups is 3. The van der Waals surface area contributed by atoms with Crippen molar-refractivity contribution in [2.75, 3.05) is 24.7 Å². The zero-order valence-corrected chi connectivity index (χ0v) is 25.5. The van der Waals surface area contributed by atoms with Crippen LogP contribution >= 0.6 is 15.9 Å². The van der Waals surface area contributed by atoms with E-state index >= 15 is 0 Å². The van der Waals surface area contributed by atoms with Gasteiger partial charge in [0, 0.05) is 17.1 Å². The highest BCUT2D eigenvalue weighted by atomic mass is 79.9. The quantitative estimate of drug-likeness (QED) is 0.228. The number of carbonyl (C=O) groups excluding carboxylic acids is 3. The highest BCUT2D eigenvalue weighted by Crippen LogP contribution is 2.61. The molecule has 42 heavy (non-hydrogen) atoms. The lowest BCUT2D eigenvalue weighted by Crippen LogP contribution is -2.59. The third-order valence-electron chi connectivity index (χ3n) is 8.73. The van der Waals surface area contributed by atoms with Crippen LogP contribution in [0.4, 0.5) is 5.69 Å². The zero-order valence-electron chi connectivity index (χ0n) is 23.9. The van der Waals surface area contributed by atoms with Gasteiger partial charge in [0.1, 0.15) is 18.2 Å². The van der Waals surface area contributed by atoms with Crippen molar-refractivity contribution in [1.82, 2.24) is 4.90 Å². The molecule has 3 aliphatic heterocycles. The molecule has 3 saturated heterocycles. The first-order valence-electron chi connectivity index (χ1n) is 14.2. The Labute approximate surface area is 255 Å². The summed E-state index contributed by atoms with van der Waals surface area (Å²) in [5.74, 6) is -3.12. The SMILES string of the molecule is C=CCOC(=O)[C@H]1[C@H]2C(=O)N([C@@H](CO)Cc3ccccc3)C(C(=O)N(CC=C)c3cc(C)ccc3C)C23CC(Br)[C@@H]1O3. The minimum absolute atomic E-state index is 0.00199. The van der Waals surface area contributed by atoms with Crippen molar-refractivity contribution in [2.24, 2.45) is 11.8 Å². The second kappa shape index (κ2) is 12.1. The fourth-order valence-corrected chi connectivity index (χ4v) is 7.92. The zero-order chi connectivity index (χ0) is 30.2. The smallest absolute Gasteiger partial charge is 0.312 e. The molecule has 0 saturated carbocycles. The Hall–Kier alpha value is -3.27. The maximum absolute atomic E-state index is 14.9. The van der Waals surface area contributed by atoms with Crippen LogP contribution in [0.2, 0.25) is 0 Å². The van der Waals surface area contributed by atoms with Gasteiger partial charge in [-0.1, -0.05) is 77.1 Å². The van der Waals surface area contributed by atoms with Crippen LogP contribution in [-0.4, -0.2) is 76.2 Å². The van der Waals surface area contributed by atoms with E-state index in [-0.39, 0.29) is 36.4 Å². The van der Waals surface area contributed by atoms with E-state index in [1.807, 2.05) is 62.4 Å². The van der Waals surface area contributed by atoms with Crippen LogP contribution in [-0.2, 0) is 30.3 Å².